The van der Waals surface area contributed by atoms with Gasteiger partial charge in [0.1, 0.15) is 5.69 Å². The first-order valence-electron chi connectivity index (χ1n) is 51.4. The molecule has 148 heavy (non-hydrogen) atoms. The van der Waals surface area contributed by atoms with Crippen LogP contribution < -0.4 is 0 Å². The van der Waals surface area contributed by atoms with Gasteiger partial charge in [0.05, 0.1) is 45.2 Å². The first-order valence-corrected chi connectivity index (χ1v) is 51.4. The predicted octanol–water partition coefficient (Wildman–Crippen LogP) is 34.1. The summed E-state index contributed by atoms with van der Waals surface area (Å²) in [6.45, 7) is 28.3. The van der Waals surface area contributed by atoms with Crippen molar-refractivity contribution in [2.45, 2.75) is 116 Å². The summed E-state index contributed by atoms with van der Waals surface area (Å²) in [7, 11) is 0. The van der Waals surface area contributed by atoms with Crippen molar-refractivity contribution in [2.75, 3.05) is 0 Å². The number of aromatic nitrogens is 10. The summed E-state index contributed by atoms with van der Waals surface area (Å²) in [5, 5.41) is 6.93. The minimum Gasteiger partial charge on any atom is -0.256 e. The molecule has 10 nitrogen and oxygen atoms in total. The van der Waals surface area contributed by atoms with Crippen molar-refractivity contribution >= 4 is 43.4 Å². The van der Waals surface area contributed by atoms with E-state index in [1.807, 2.05) is 73.4 Å². The van der Waals surface area contributed by atoms with E-state index in [4.69, 9.17) is 39.9 Å². The van der Waals surface area contributed by atoms with E-state index < -0.39 is 0 Å². The van der Waals surface area contributed by atoms with Crippen LogP contribution in [0.25, 0.3) is 223 Å². The van der Waals surface area contributed by atoms with Crippen LogP contribution in [0.5, 0.6) is 0 Å². The number of fused-ring (bicyclic) bond motifs is 22. The fourth-order valence-corrected chi connectivity index (χ4v) is 25.2. The van der Waals surface area contributed by atoms with Crippen LogP contribution in [0.3, 0.4) is 0 Å². The van der Waals surface area contributed by atoms with Crippen LogP contribution in [0, 0.1) is 0 Å². The maximum absolute atomic E-state index is 5.31. The van der Waals surface area contributed by atoms with E-state index >= 15 is 0 Å². The Morgan fingerprint density at radius 3 is 1.05 bits per heavy atom. The van der Waals surface area contributed by atoms with Crippen LogP contribution in [0.15, 0.2) is 413 Å². The molecule has 0 N–H and O–H groups in total. The topological polar surface area (TPSA) is 129 Å². The number of hydrogen-bond acceptors (Lipinski definition) is 10. The van der Waals surface area contributed by atoms with Crippen molar-refractivity contribution in [3.8, 4) is 180 Å². The second-order valence-corrected chi connectivity index (χ2v) is 43.7. The number of pyridine rings is 4. The molecule has 0 fully saturated rings. The van der Waals surface area contributed by atoms with Crippen LogP contribution in [0.2, 0.25) is 0 Å². The van der Waals surface area contributed by atoms with Crippen LogP contribution in [0.1, 0.15) is 150 Å². The highest BCUT2D eigenvalue weighted by atomic mass is 14.9. The standard InChI is InChI=1S/2C52H38N4.C34H28N2/c1-51(2)42-18-9-7-15-36(42)40-28-45-41(29-44(40)51)37-21-20-33(26-43(37)52(45,3)4)47-30-48(39-23-25-53-46-19-10-8-16-38(39)46)56-50(55-47)49-27-32(22-24-54-49)35-17-11-13-31-12-5-6-14-34(31)35;1-51(2)42-20-8-7-17-37(42)40-28-45-41(29-44(40)51)38-22-21-34(26-43(38)52(45,3)4)50-55-46(39-19-10-14-32-15-11-24-54-49(32)39)30-48(56-50)47-27-33(23-25-53-47)36-18-9-13-31-12-5-6-16-35(31)36;1-33(2)27-13-9-8-12-23(27)25-19-30-26(20-29(25)33)24-15-14-22(18-28(24)34(30,3)4)32-35-17-16-31(36-32)21-10-6-5-7-11-21/h2*5-30H,1-4H3;5-20H,1-4H3. The number of hydrogen-bond donors (Lipinski definition) is 0. The molecule has 6 aliphatic rings. The molecule has 0 atom stereocenters. The van der Waals surface area contributed by atoms with E-state index in [-0.39, 0.29) is 32.5 Å². The van der Waals surface area contributed by atoms with E-state index in [1.54, 1.807) is 0 Å². The van der Waals surface area contributed by atoms with Gasteiger partial charge in [-0.25, -0.2) is 29.9 Å². The second-order valence-electron chi connectivity index (χ2n) is 43.7. The molecule has 706 valence electrons. The summed E-state index contributed by atoms with van der Waals surface area (Å²) in [5.41, 5.74) is 50.2. The Balaban J connectivity index is 0.000000112. The number of nitrogens with zero attached hydrogens (tertiary/aromatic N) is 10. The van der Waals surface area contributed by atoms with Crippen molar-refractivity contribution in [1.29, 1.82) is 0 Å². The zero-order chi connectivity index (χ0) is 100. The first kappa shape index (κ1) is 89.3. The van der Waals surface area contributed by atoms with Gasteiger partial charge >= 0.3 is 0 Å². The molecule has 6 aliphatic carbocycles. The fourth-order valence-electron chi connectivity index (χ4n) is 25.2. The minimum absolute atomic E-state index is 0.000485. The summed E-state index contributed by atoms with van der Waals surface area (Å²) < 4.78 is 0. The molecular formula is C138H104N10. The molecule has 16 aromatic carbocycles. The van der Waals surface area contributed by atoms with Crippen LogP contribution in [0.4, 0.5) is 0 Å². The van der Waals surface area contributed by atoms with Crippen molar-refractivity contribution < 1.29 is 0 Å². The molecule has 0 spiro atoms. The van der Waals surface area contributed by atoms with E-state index in [0.717, 1.165) is 123 Å². The monoisotopic (exact) mass is 1900 g/mol. The molecule has 0 bridgehead atoms. The molecule has 7 aromatic heterocycles. The van der Waals surface area contributed by atoms with Crippen molar-refractivity contribution in [3.63, 3.8) is 0 Å². The van der Waals surface area contributed by atoms with E-state index in [0.29, 0.717) is 11.6 Å². The van der Waals surface area contributed by atoms with Gasteiger partial charge < -0.3 is 0 Å². The second kappa shape index (κ2) is 33.5. The molecule has 0 saturated carbocycles. The average Bonchev–Trinajstić information content (AvgIpc) is 1.55. The third-order valence-corrected chi connectivity index (χ3v) is 33.2. The Kier molecular flexibility index (Phi) is 20.2. The highest BCUT2D eigenvalue weighted by Crippen LogP contribution is 2.62. The molecule has 23 aromatic rings. The molecule has 0 radical (unpaired) electrons. The number of benzene rings is 16. The molecule has 29 rings (SSSR count). The predicted molar refractivity (Wildman–Crippen MR) is 607 cm³/mol. The van der Waals surface area contributed by atoms with E-state index in [1.165, 1.54) is 155 Å². The largest absolute Gasteiger partial charge is 0.256 e. The van der Waals surface area contributed by atoms with Gasteiger partial charge in [0.2, 0.25) is 0 Å². The highest BCUT2D eigenvalue weighted by Gasteiger charge is 2.47. The van der Waals surface area contributed by atoms with Gasteiger partial charge in [0.25, 0.3) is 0 Å². The molecule has 7 heterocycles. The lowest BCUT2D eigenvalue weighted by Crippen LogP contribution is -2.17. The van der Waals surface area contributed by atoms with E-state index in [9.17, 15) is 0 Å². The molecule has 0 amide bonds. The zero-order valence-electron chi connectivity index (χ0n) is 84.7. The lowest BCUT2D eigenvalue weighted by Gasteiger charge is -2.24. The number of para-hydroxylation sites is 2. The van der Waals surface area contributed by atoms with Gasteiger partial charge in [-0.15, -0.1) is 0 Å². The third kappa shape index (κ3) is 14.1. The summed E-state index contributed by atoms with van der Waals surface area (Å²) in [5.74, 6) is 2.01. The molecular weight excluding hydrogens is 1800 g/mol. The maximum atomic E-state index is 5.31. The Bertz CT molecular complexity index is 9130. The van der Waals surface area contributed by atoms with Gasteiger partial charge in [-0.3, -0.25) is 19.9 Å². The molecule has 0 aliphatic heterocycles. The summed E-state index contributed by atoms with van der Waals surface area (Å²) >= 11 is 0. The summed E-state index contributed by atoms with van der Waals surface area (Å²) in [4.78, 5) is 50.0. The van der Waals surface area contributed by atoms with Crippen LogP contribution in [-0.4, -0.2) is 49.8 Å². The van der Waals surface area contributed by atoms with Crippen molar-refractivity contribution in [1.82, 2.24) is 49.8 Å². The molecule has 0 saturated heterocycles. The normalized spacial score (nSPS) is 14.7. The lowest BCUT2D eigenvalue weighted by molar-refractivity contribution is 0.652. The average molecular weight is 1900 g/mol. The van der Waals surface area contributed by atoms with Gasteiger partial charge in [-0.2, -0.15) is 0 Å². The van der Waals surface area contributed by atoms with Crippen LogP contribution in [-0.2, 0) is 32.5 Å². The molecule has 0 unspecified atom stereocenters. The van der Waals surface area contributed by atoms with Crippen molar-refractivity contribution in [3.05, 3.63) is 480 Å². The minimum atomic E-state index is -0.217. The lowest BCUT2D eigenvalue weighted by atomic mass is 9.79. The molecule has 10 heteroatoms. The first-order chi connectivity index (χ1) is 71.9. The highest BCUT2D eigenvalue weighted by molar-refractivity contribution is 6.02. The fraction of sp³-hybridized carbons (Fsp3) is 0.130. The van der Waals surface area contributed by atoms with Gasteiger partial charge in [0, 0.05) is 108 Å². The van der Waals surface area contributed by atoms with Gasteiger partial charge in [-0.1, -0.05) is 350 Å². The van der Waals surface area contributed by atoms with Crippen LogP contribution >= 0.6 is 0 Å². The Hall–Kier alpha value is -17.6. The van der Waals surface area contributed by atoms with E-state index in [2.05, 4.69) is 433 Å². The Labute approximate surface area is 862 Å². The number of rotatable bonds is 10. The zero-order valence-corrected chi connectivity index (χ0v) is 84.7. The maximum Gasteiger partial charge on any atom is 0.179 e. The summed E-state index contributed by atoms with van der Waals surface area (Å²) in [6, 6.07) is 137. The van der Waals surface area contributed by atoms with Gasteiger partial charge in [-0.05, 0) is 293 Å². The summed E-state index contributed by atoms with van der Waals surface area (Å²) in [6.07, 6.45) is 9.34. The Morgan fingerprint density at radius 2 is 0.507 bits per heavy atom. The smallest absolute Gasteiger partial charge is 0.179 e. The quantitative estimate of drug-likeness (QED) is 0.130. The Morgan fingerprint density at radius 1 is 0.149 bits per heavy atom. The van der Waals surface area contributed by atoms with Crippen molar-refractivity contribution in [2.24, 2.45) is 0 Å². The SMILES string of the molecule is CC1(C)c2ccccc2-c2cc3c(cc21)-c1ccc(-c2cc(-c4ccnc5ccccc45)nc(-c4cc(-c5cccc6ccccc56)ccn4)n2)cc1C3(C)C.CC1(C)c2ccccc2-c2cc3c(cc21)-c1ccc(-c2nc(-c4cc(-c5cccc6ccccc56)ccn4)cc(-c4cccc5cccnc45)n2)cc1C3(C)C.CC1(C)c2ccccc2-c2cc3c(cc21)-c1ccc(-c2nccc(-c4ccccc4)n2)cc1C3(C)C. The third-order valence-electron chi connectivity index (χ3n) is 33.2. The van der Waals surface area contributed by atoms with Gasteiger partial charge in [0.15, 0.2) is 17.5 Å².